The lowest BCUT2D eigenvalue weighted by Crippen LogP contribution is -2.49. The first-order valence-corrected chi connectivity index (χ1v) is 11.6. The first-order valence-electron chi connectivity index (χ1n) is 11.2. The first-order chi connectivity index (χ1) is 16.7. The number of H-pyrrole nitrogens is 1. The summed E-state index contributed by atoms with van der Waals surface area (Å²) >= 11 is 5.81. The maximum Gasteiger partial charge on any atom is 0.423 e. The Bertz CT molecular complexity index is 1080. The van der Waals surface area contributed by atoms with Gasteiger partial charge in [0.25, 0.3) is 5.56 Å². The minimum Gasteiger partial charge on any atom is -0.379 e. The molecule has 14 heteroatoms. The van der Waals surface area contributed by atoms with Crippen LogP contribution in [0.4, 0.5) is 24.8 Å². The number of amides is 1. The molecule has 190 valence electrons. The van der Waals surface area contributed by atoms with Crippen LogP contribution in [-0.2, 0) is 15.7 Å². The molecule has 0 unspecified atom stereocenters. The molecular weight excluding hydrogens is 491 g/mol. The molecule has 10 nitrogen and oxygen atoms in total. The van der Waals surface area contributed by atoms with Crippen LogP contribution in [-0.4, -0.2) is 83.0 Å². The third-order valence-corrected chi connectivity index (χ3v) is 6.29. The smallest absolute Gasteiger partial charge is 0.379 e. The van der Waals surface area contributed by atoms with Crippen LogP contribution in [0.1, 0.15) is 24.8 Å². The van der Waals surface area contributed by atoms with Gasteiger partial charge in [-0.1, -0.05) is 11.6 Å². The van der Waals surface area contributed by atoms with Crippen LogP contribution < -0.4 is 15.4 Å². The number of rotatable bonds is 7. The molecule has 2 aliphatic heterocycles. The monoisotopic (exact) mass is 515 g/mol. The van der Waals surface area contributed by atoms with Gasteiger partial charge in [0.1, 0.15) is 5.56 Å². The van der Waals surface area contributed by atoms with Gasteiger partial charge in [-0.15, -0.1) is 0 Å². The van der Waals surface area contributed by atoms with Crippen molar-refractivity contribution in [2.24, 2.45) is 0 Å². The largest absolute Gasteiger partial charge is 0.423 e. The van der Waals surface area contributed by atoms with Gasteiger partial charge < -0.3 is 19.4 Å². The van der Waals surface area contributed by atoms with Gasteiger partial charge in [-0.05, 0) is 12.8 Å². The number of carbonyl (C=O) groups excluding carboxylic acids is 1. The van der Waals surface area contributed by atoms with Crippen molar-refractivity contribution >= 4 is 29.1 Å². The van der Waals surface area contributed by atoms with Crippen molar-refractivity contribution in [1.29, 1.82) is 0 Å². The van der Waals surface area contributed by atoms with Crippen molar-refractivity contribution in [2.45, 2.75) is 31.5 Å². The van der Waals surface area contributed by atoms with Crippen LogP contribution in [0.15, 0.2) is 23.4 Å². The minimum absolute atomic E-state index is 0.0527. The summed E-state index contributed by atoms with van der Waals surface area (Å²) in [6, 6.07) is -0.335. The number of hydrogen-bond acceptors (Lipinski definition) is 8. The molecule has 0 saturated carbocycles. The number of aromatic nitrogens is 4. The summed E-state index contributed by atoms with van der Waals surface area (Å²) in [5, 5.41) is 5.86. The Labute approximate surface area is 204 Å². The van der Waals surface area contributed by atoms with Crippen molar-refractivity contribution in [3.05, 3.63) is 39.5 Å². The summed E-state index contributed by atoms with van der Waals surface area (Å²) in [6.07, 6.45) is 0.744. The van der Waals surface area contributed by atoms with Crippen molar-refractivity contribution < 1.29 is 22.7 Å². The quantitative estimate of drug-likeness (QED) is 0.558. The second kappa shape index (κ2) is 10.8. The van der Waals surface area contributed by atoms with Crippen LogP contribution in [0, 0.1) is 0 Å². The second-order valence-electron chi connectivity index (χ2n) is 8.34. The van der Waals surface area contributed by atoms with Crippen LogP contribution in [0.5, 0.6) is 0 Å². The molecule has 2 aliphatic rings. The van der Waals surface area contributed by atoms with Gasteiger partial charge in [0.05, 0.1) is 55.0 Å². The average Bonchev–Trinajstić information content (AvgIpc) is 3.30. The highest BCUT2D eigenvalue weighted by Crippen LogP contribution is 2.36. The van der Waals surface area contributed by atoms with Crippen molar-refractivity contribution in [1.82, 2.24) is 25.1 Å². The van der Waals surface area contributed by atoms with Gasteiger partial charge in [-0.3, -0.25) is 9.59 Å². The normalized spacial score (nSPS) is 18.9. The lowest BCUT2D eigenvalue weighted by molar-refractivity contribution is -0.138. The highest BCUT2D eigenvalue weighted by Gasteiger charge is 2.40. The average molecular weight is 516 g/mol. The highest BCUT2D eigenvalue weighted by atomic mass is 35.5. The summed E-state index contributed by atoms with van der Waals surface area (Å²) in [6.45, 7) is 2.91. The number of ether oxygens (including phenoxy) is 1. The van der Waals surface area contributed by atoms with E-state index in [1.165, 1.54) is 17.3 Å². The summed E-state index contributed by atoms with van der Waals surface area (Å²) in [7, 11) is 0. The maximum atomic E-state index is 13.4. The molecular formula is C21H25ClF3N7O3. The second-order valence-corrected chi connectivity index (χ2v) is 8.78. The molecule has 0 aromatic carbocycles. The Morgan fingerprint density at radius 1 is 1.14 bits per heavy atom. The first kappa shape index (κ1) is 25.2. The highest BCUT2D eigenvalue weighted by molar-refractivity contribution is 6.30. The zero-order valence-electron chi connectivity index (χ0n) is 18.8. The summed E-state index contributed by atoms with van der Waals surface area (Å²) in [4.78, 5) is 38.0. The van der Waals surface area contributed by atoms with Gasteiger partial charge in [0.2, 0.25) is 11.9 Å². The van der Waals surface area contributed by atoms with Crippen LogP contribution in [0.3, 0.4) is 0 Å². The van der Waals surface area contributed by atoms with Gasteiger partial charge in [0.15, 0.2) is 0 Å². The zero-order chi connectivity index (χ0) is 25.0. The van der Waals surface area contributed by atoms with Gasteiger partial charge in [0, 0.05) is 32.7 Å². The molecule has 1 N–H and O–H groups in total. The fourth-order valence-corrected chi connectivity index (χ4v) is 4.47. The third kappa shape index (κ3) is 6.01. The molecule has 0 spiro atoms. The summed E-state index contributed by atoms with van der Waals surface area (Å²) in [5.41, 5.74) is -2.77. The molecule has 35 heavy (non-hydrogen) atoms. The van der Waals surface area contributed by atoms with E-state index in [1.807, 2.05) is 10.00 Å². The Kier molecular flexibility index (Phi) is 7.75. The standard InChI is InChI=1S/C21H25ClF3N7O3/c22-14-10-26-20(27-11-14)31-7-5-30(6-8-31)17(33)3-9-35-13-15-2-1-4-32(15)16-12-28-29-19(34)18(16)21(23,24)25/h10-12,15H,1-9,13H2,(H,29,34)/t15-/m0/s1. The van der Waals surface area contributed by atoms with Gasteiger partial charge >= 0.3 is 6.18 Å². The van der Waals surface area contributed by atoms with E-state index in [-0.39, 0.29) is 37.3 Å². The number of alkyl halides is 3. The molecule has 2 fully saturated rings. The van der Waals surface area contributed by atoms with E-state index in [9.17, 15) is 22.8 Å². The molecule has 2 aromatic heterocycles. The third-order valence-electron chi connectivity index (χ3n) is 6.10. The SMILES string of the molecule is O=C(CCOC[C@@H]1CCCN1c1cn[nH]c(=O)c1C(F)(F)F)N1CCN(c2ncc(Cl)cn2)CC1. The topological polar surface area (TPSA) is 108 Å². The number of anilines is 2. The number of nitrogens with one attached hydrogen (secondary N) is 1. The number of hydrogen-bond donors (Lipinski definition) is 1. The fraction of sp³-hybridized carbons (Fsp3) is 0.571. The van der Waals surface area contributed by atoms with Crippen molar-refractivity contribution in [3.8, 4) is 0 Å². The molecule has 2 saturated heterocycles. The van der Waals surface area contributed by atoms with E-state index in [4.69, 9.17) is 16.3 Å². The Balaban J connectivity index is 1.24. The number of piperazine rings is 1. The summed E-state index contributed by atoms with van der Waals surface area (Å²) in [5.74, 6) is 0.512. The molecule has 4 heterocycles. The van der Waals surface area contributed by atoms with E-state index in [1.54, 1.807) is 4.90 Å². The summed E-state index contributed by atoms with van der Waals surface area (Å²) < 4.78 is 46.0. The molecule has 2 aromatic rings. The number of halogens is 4. The van der Waals surface area contributed by atoms with E-state index in [0.29, 0.717) is 56.5 Å². The van der Waals surface area contributed by atoms with Gasteiger partial charge in [-0.25, -0.2) is 15.1 Å². The Morgan fingerprint density at radius 3 is 2.54 bits per heavy atom. The van der Waals surface area contributed by atoms with Crippen molar-refractivity contribution in [2.75, 3.05) is 55.7 Å². The molecule has 0 radical (unpaired) electrons. The molecule has 0 aliphatic carbocycles. The van der Waals surface area contributed by atoms with Crippen molar-refractivity contribution in [3.63, 3.8) is 0 Å². The number of carbonyl (C=O) groups is 1. The Hall–Kier alpha value is -2.93. The number of aromatic amines is 1. The molecule has 1 atom stereocenters. The van der Waals surface area contributed by atoms with Crippen LogP contribution >= 0.6 is 11.6 Å². The molecule has 1 amide bonds. The predicted octanol–water partition coefficient (Wildman–Crippen LogP) is 1.96. The lowest BCUT2D eigenvalue weighted by atomic mass is 10.2. The van der Waals surface area contributed by atoms with Gasteiger partial charge in [-0.2, -0.15) is 18.3 Å². The minimum atomic E-state index is -4.80. The molecule has 0 bridgehead atoms. The Morgan fingerprint density at radius 2 is 1.86 bits per heavy atom. The zero-order valence-corrected chi connectivity index (χ0v) is 19.6. The van der Waals surface area contributed by atoms with Crippen LogP contribution in [0.2, 0.25) is 5.02 Å². The number of nitrogens with zero attached hydrogens (tertiary/aromatic N) is 6. The van der Waals surface area contributed by atoms with E-state index in [0.717, 1.165) is 6.20 Å². The predicted molar refractivity (Wildman–Crippen MR) is 121 cm³/mol. The van der Waals surface area contributed by atoms with E-state index >= 15 is 0 Å². The lowest BCUT2D eigenvalue weighted by Gasteiger charge is -2.34. The van der Waals surface area contributed by atoms with E-state index in [2.05, 4.69) is 15.1 Å². The van der Waals surface area contributed by atoms with Crippen LogP contribution in [0.25, 0.3) is 0 Å². The maximum absolute atomic E-state index is 13.4. The fourth-order valence-electron chi connectivity index (χ4n) is 4.37. The molecule has 4 rings (SSSR count). The van der Waals surface area contributed by atoms with E-state index < -0.39 is 17.3 Å².